The molecule has 22 heavy (non-hydrogen) atoms. The summed E-state index contributed by atoms with van der Waals surface area (Å²) in [5, 5.41) is 0. The normalized spacial score (nSPS) is 12.2. The van der Waals surface area contributed by atoms with Gasteiger partial charge in [-0.15, -0.1) is 0 Å². The monoisotopic (exact) mass is 328 g/mol. The molecule has 7 heteroatoms. The summed E-state index contributed by atoms with van der Waals surface area (Å²) in [5.74, 6) is -0.685. The van der Waals surface area contributed by atoms with E-state index in [1.54, 1.807) is 13.0 Å². The Hall–Kier alpha value is -1.44. The lowest BCUT2D eigenvalue weighted by atomic mass is 9.95. The van der Waals surface area contributed by atoms with E-state index in [1.807, 2.05) is 13.8 Å². The highest BCUT2D eigenvalue weighted by Crippen LogP contribution is 2.22. The molecule has 0 bridgehead atoms. The van der Waals surface area contributed by atoms with Gasteiger partial charge in [0.15, 0.2) is 0 Å². The first kappa shape index (κ1) is 18.6. The van der Waals surface area contributed by atoms with Crippen molar-refractivity contribution >= 4 is 16.0 Å². The number of nitrogens with two attached hydrogens (primary N) is 1. The van der Waals surface area contributed by atoms with E-state index in [0.717, 1.165) is 5.56 Å². The number of rotatable bonds is 7. The molecule has 3 N–H and O–H groups in total. The third-order valence-corrected chi connectivity index (χ3v) is 5.56. The maximum Gasteiger partial charge on any atom is 0.339 e. The molecule has 0 spiro atoms. The van der Waals surface area contributed by atoms with Crippen molar-refractivity contribution in [3.8, 4) is 0 Å². The van der Waals surface area contributed by atoms with Gasteiger partial charge in [0.05, 0.1) is 17.6 Å². The maximum atomic E-state index is 12.7. The molecule has 1 aromatic carbocycles. The zero-order valence-electron chi connectivity index (χ0n) is 13.5. The van der Waals surface area contributed by atoms with Crippen molar-refractivity contribution in [2.75, 3.05) is 13.7 Å². The molecule has 0 atom stereocenters. The van der Waals surface area contributed by atoms with E-state index in [2.05, 4.69) is 9.46 Å². The Labute approximate surface area is 132 Å². The maximum absolute atomic E-state index is 12.7. The molecule has 0 fully saturated rings. The molecule has 0 saturated heterocycles. The molecule has 0 radical (unpaired) electrons. The van der Waals surface area contributed by atoms with Gasteiger partial charge in [-0.25, -0.2) is 17.9 Å². The number of benzene rings is 1. The van der Waals surface area contributed by atoms with Gasteiger partial charge in [-0.3, -0.25) is 0 Å². The lowest BCUT2D eigenvalue weighted by Gasteiger charge is -2.31. The fourth-order valence-electron chi connectivity index (χ4n) is 2.21. The molecular weight excluding hydrogens is 304 g/mol. The zero-order valence-corrected chi connectivity index (χ0v) is 14.3. The number of carbonyl (C=O) groups is 1. The van der Waals surface area contributed by atoms with Crippen molar-refractivity contribution < 1.29 is 17.9 Å². The summed E-state index contributed by atoms with van der Waals surface area (Å²) in [7, 11) is -2.67. The second-order valence-electron chi connectivity index (χ2n) is 5.29. The quantitative estimate of drug-likeness (QED) is 0.740. The number of hydrogen-bond donors (Lipinski definition) is 2. The second-order valence-corrected chi connectivity index (χ2v) is 6.94. The van der Waals surface area contributed by atoms with Gasteiger partial charge >= 0.3 is 5.97 Å². The largest absolute Gasteiger partial charge is 0.465 e. The van der Waals surface area contributed by atoms with Crippen molar-refractivity contribution in [1.29, 1.82) is 0 Å². The van der Waals surface area contributed by atoms with Crippen LogP contribution >= 0.6 is 0 Å². The van der Waals surface area contributed by atoms with Gasteiger partial charge in [0.1, 0.15) is 0 Å². The van der Waals surface area contributed by atoms with Gasteiger partial charge in [-0.1, -0.05) is 25.5 Å². The van der Waals surface area contributed by atoms with E-state index in [4.69, 9.17) is 5.73 Å². The minimum atomic E-state index is -3.89. The van der Waals surface area contributed by atoms with Crippen LogP contribution in [-0.4, -0.2) is 33.6 Å². The van der Waals surface area contributed by atoms with Crippen molar-refractivity contribution in [3.63, 3.8) is 0 Å². The molecule has 0 heterocycles. The summed E-state index contributed by atoms with van der Waals surface area (Å²) < 4.78 is 32.7. The number of sulfonamides is 1. The summed E-state index contributed by atoms with van der Waals surface area (Å²) in [6, 6.07) is 4.56. The standard InChI is InChI=1S/C15H24N2O4S/c1-5-15(6-2,10-16)17-22(19,20)13-8-7-11(3)9-12(13)14(18)21-4/h7-9,17H,5-6,10,16H2,1-4H3. The molecule has 6 nitrogen and oxygen atoms in total. The molecule has 0 aliphatic rings. The van der Waals surface area contributed by atoms with Crippen LogP contribution in [0.15, 0.2) is 23.1 Å². The topological polar surface area (TPSA) is 98.5 Å². The number of aryl methyl sites for hydroxylation is 1. The van der Waals surface area contributed by atoms with Crippen LogP contribution in [-0.2, 0) is 14.8 Å². The van der Waals surface area contributed by atoms with Crippen molar-refractivity contribution in [1.82, 2.24) is 4.72 Å². The number of hydrogen-bond acceptors (Lipinski definition) is 5. The Morgan fingerprint density at radius 2 is 1.91 bits per heavy atom. The van der Waals surface area contributed by atoms with E-state index in [9.17, 15) is 13.2 Å². The number of carbonyl (C=O) groups excluding carboxylic acids is 1. The van der Waals surface area contributed by atoms with E-state index in [0.29, 0.717) is 12.8 Å². The Kier molecular flexibility index (Phi) is 6.10. The Morgan fingerprint density at radius 1 is 1.32 bits per heavy atom. The highest BCUT2D eigenvalue weighted by molar-refractivity contribution is 7.89. The molecule has 0 saturated carbocycles. The molecule has 0 aliphatic heterocycles. The third kappa shape index (κ3) is 3.85. The SMILES string of the molecule is CCC(CC)(CN)NS(=O)(=O)c1ccc(C)cc1C(=O)OC. The first-order valence-corrected chi connectivity index (χ1v) is 8.66. The van der Waals surface area contributed by atoms with Crippen molar-refractivity contribution in [3.05, 3.63) is 29.3 Å². The lowest BCUT2D eigenvalue weighted by Crippen LogP contribution is -2.52. The van der Waals surface area contributed by atoms with Crippen LogP contribution in [0.1, 0.15) is 42.6 Å². The van der Waals surface area contributed by atoms with E-state index in [-0.39, 0.29) is 17.0 Å². The molecule has 124 valence electrons. The number of ether oxygens (including phenoxy) is 1. The summed E-state index contributed by atoms with van der Waals surface area (Å²) in [5.41, 5.74) is 5.81. The van der Waals surface area contributed by atoms with Gasteiger partial charge in [0.25, 0.3) is 0 Å². The Bertz CT molecular complexity index is 629. The van der Waals surface area contributed by atoms with Gasteiger partial charge < -0.3 is 10.5 Å². The summed E-state index contributed by atoms with van der Waals surface area (Å²) in [6.07, 6.45) is 1.11. The third-order valence-electron chi connectivity index (χ3n) is 3.93. The Morgan fingerprint density at radius 3 is 2.36 bits per heavy atom. The first-order chi connectivity index (χ1) is 10.2. The fraction of sp³-hybridized carbons (Fsp3) is 0.533. The van der Waals surface area contributed by atoms with E-state index in [1.165, 1.54) is 19.2 Å². The lowest BCUT2D eigenvalue weighted by molar-refractivity contribution is 0.0596. The predicted molar refractivity (Wildman–Crippen MR) is 85.2 cm³/mol. The average Bonchev–Trinajstić information content (AvgIpc) is 2.51. The minimum Gasteiger partial charge on any atom is -0.465 e. The molecule has 1 aromatic rings. The van der Waals surface area contributed by atoms with Gasteiger partial charge in [-0.2, -0.15) is 0 Å². The highest BCUT2D eigenvalue weighted by Gasteiger charge is 2.33. The fourth-order valence-corrected chi connectivity index (χ4v) is 3.94. The van der Waals surface area contributed by atoms with E-state index >= 15 is 0 Å². The summed E-state index contributed by atoms with van der Waals surface area (Å²) in [6.45, 7) is 5.70. The van der Waals surface area contributed by atoms with Crippen LogP contribution in [0.3, 0.4) is 0 Å². The van der Waals surface area contributed by atoms with Gasteiger partial charge in [0.2, 0.25) is 10.0 Å². The smallest absolute Gasteiger partial charge is 0.339 e. The van der Waals surface area contributed by atoms with Crippen LogP contribution < -0.4 is 10.5 Å². The minimum absolute atomic E-state index is 0.0214. The van der Waals surface area contributed by atoms with Crippen molar-refractivity contribution in [2.45, 2.75) is 44.0 Å². The van der Waals surface area contributed by atoms with Gasteiger partial charge in [0, 0.05) is 12.1 Å². The molecule has 1 rings (SSSR count). The summed E-state index contributed by atoms with van der Waals surface area (Å²) >= 11 is 0. The van der Waals surface area contributed by atoms with Crippen LogP contribution in [0.4, 0.5) is 0 Å². The Balaban J connectivity index is 3.37. The van der Waals surface area contributed by atoms with Crippen LogP contribution in [0.25, 0.3) is 0 Å². The highest BCUT2D eigenvalue weighted by atomic mass is 32.2. The number of nitrogens with one attached hydrogen (secondary N) is 1. The molecule has 0 unspecified atom stereocenters. The van der Waals surface area contributed by atoms with Crippen LogP contribution in [0, 0.1) is 6.92 Å². The molecule has 0 aromatic heterocycles. The zero-order chi connectivity index (χ0) is 17.0. The molecule has 0 amide bonds. The number of methoxy groups -OCH3 is 1. The van der Waals surface area contributed by atoms with Crippen LogP contribution in [0.2, 0.25) is 0 Å². The van der Waals surface area contributed by atoms with E-state index < -0.39 is 21.5 Å². The first-order valence-electron chi connectivity index (χ1n) is 7.18. The molecular formula is C15H24N2O4S. The predicted octanol–water partition coefficient (Wildman–Crippen LogP) is 1.58. The van der Waals surface area contributed by atoms with Crippen LogP contribution in [0.5, 0.6) is 0 Å². The second kappa shape index (κ2) is 7.21. The molecule has 0 aliphatic carbocycles. The van der Waals surface area contributed by atoms with Gasteiger partial charge in [-0.05, 0) is 31.9 Å². The summed E-state index contributed by atoms with van der Waals surface area (Å²) in [4.78, 5) is 11.8. The number of esters is 1. The van der Waals surface area contributed by atoms with Crippen molar-refractivity contribution in [2.24, 2.45) is 5.73 Å². The average molecular weight is 328 g/mol.